The van der Waals surface area contributed by atoms with E-state index < -0.39 is 5.60 Å². The molecule has 2 aromatic carbocycles. The maximum absolute atomic E-state index is 10.8. The van der Waals surface area contributed by atoms with Gasteiger partial charge in [-0.3, -0.25) is 0 Å². The second kappa shape index (κ2) is 6.06. The van der Waals surface area contributed by atoms with Gasteiger partial charge in [-0.25, -0.2) is 0 Å². The van der Waals surface area contributed by atoms with Crippen LogP contribution in [0.4, 0.5) is 0 Å². The van der Waals surface area contributed by atoms with Crippen molar-refractivity contribution >= 4 is 22.6 Å². The summed E-state index contributed by atoms with van der Waals surface area (Å²) in [4.78, 5) is 0. The first-order valence-corrected chi connectivity index (χ1v) is 7.69. The van der Waals surface area contributed by atoms with Crippen molar-refractivity contribution in [2.24, 2.45) is 0 Å². The van der Waals surface area contributed by atoms with Crippen LogP contribution in [0.3, 0.4) is 0 Å². The second-order valence-corrected chi connectivity index (χ2v) is 6.27. The molecule has 1 N–H and O–H groups in total. The summed E-state index contributed by atoms with van der Waals surface area (Å²) in [6.45, 7) is 4.03. The van der Waals surface area contributed by atoms with E-state index in [9.17, 15) is 5.11 Å². The van der Waals surface area contributed by atoms with Gasteiger partial charge in [-0.05, 0) is 64.8 Å². The van der Waals surface area contributed by atoms with Gasteiger partial charge in [-0.15, -0.1) is 0 Å². The highest BCUT2D eigenvalue weighted by atomic mass is 127. The van der Waals surface area contributed by atoms with Crippen molar-refractivity contribution in [1.82, 2.24) is 0 Å². The summed E-state index contributed by atoms with van der Waals surface area (Å²) in [6.07, 6.45) is 2.23. The number of aliphatic hydroxyl groups is 1. The third-order valence-corrected chi connectivity index (χ3v) is 4.18. The zero-order valence-corrected chi connectivity index (χ0v) is 13.5. The Kier molecular flexibility index (Phi) is 4.63. The minimum atomic E-state index is -0.935. The van der Waals surface area contributed by atoms with Gasteiger partial charge in [-0.1, -0.05) is 49.7 Å². The van der Waals surface area contributed by atoms with Crippen LogP contribution in [0.1, 0.15) is 37.0 Å². The summed E-state index contributed by atoms with van der Waals surface area (Å²) in [7, 11) is 0. The molecule has 0 amide bonds. The summed E-state index contributed by atoms with van der Waals surface area (Å²) >= 11 is 2.27. The van der Waals surface area contributed by atoms with Gasteiger partial charge in [0.1, 0.15) is 5.60 Å². The molecular weight excluding hydrogens is 347 g/mol. The van der Waals surface area contributed by atoms with Crippen LogP contribution in [0.2, 0.25) is 0 Å². The minimum absolute atomic E-state index is 0.927. The summed E-state index contributed by atoms with van der Waals surface area (Å²) in [5.41, 5.74) is 2.25. The molecule has 1 nitrogen and oxygen atoms in total. The van der Waals surface area contributed by atoms with Gasteiger partial charge in [0, 0.05) is 3.57 Å². The molecule has 2 heteroatoms. The summed E-state index contributed by atoms with van der Waals surface area (Å²) in [5, 5.41) is 10.8. The standard InChI is InChI=1S/C17H19IO/c1-3-4-13-5-7-14(8-6-13)17(2,19)15-9-11-16(18)12-10-15/h5-12,19H,3-4H2,1-2H3. The Morgan fingerprint density at radius 2 is 1.42 bits per heavy atom. The molecule has 0 saturated heterocycles. The molecule has 1 unspecified atom stereocenters. The van der Waals surface area contributed by atoms with Crippen molar-refractivity contribution in [2.45, 2.75) is 32.3 Å². The molecule has 1 atom stereocenters. The molecule has 0 heterocycles. The van der Waals surface area contributed by atoms with Crippen LogP contribution >= 0.6 is 22.6 Å². The Bertz CT molecular complexity index is 526. The SMILES string of the molecule is CCCc1ccc(C(C)(O)c2ccc(I)cc2)cc1. The smallest absolute Gasteiger partial charge is 0.112 e. The number of rotatable bonds is 4. The van der Waals surface area contributed by atoms with Gasteiger partial charge in [0.2, 0.25) is 0 Å². The number of halogens is 1. The highest BCUT2D eigenvalue weighted by Crippen LogP contribution is 2.29. The maximum Gasteiger partial charge on any atom is 0.112 e. The molecule has 0 aliphatic heterocycles. The molecule has 2 rings (SSSR count). The second-order valence-electron chi connectivity index (χ2n) is 5.03. The Hall–Kier alpha value is -0.870. The van der Waals surface area contributed by atoms with Crippen LogP contribution in [0.25, 0.3) is 0 Å². The fourth-order valence-corrected chi connectivity index (χ4v) is 2.59. The van der Waals surface area contributed by atoms with Crippen LogP contribution in [-0.4, -0.2) is 5.11 Å². The van der Waals surface area contributed by atoms with E-state index in [4.69, 9.17) is 0 Å². The molecular formula is C17H19IO. The average molecular weight is 366 g/mol. The van der Waals surface area contributed by atoms with E-state index in [0.29, 0.717) is 0 Å². The molecule has 0 aromatic heterocycles. The van der Waals surface area contributed by atoms with Crippen molar-refractivity contribution in [3.05, 3.63) is 68.8 Å². The quantitative estimate of drug-likeness (QED) is 0.790. The number of aryl methyl sites for hydroxylation is 1. The van der Waals surface area contributed by atoms with Gasteiger partial charge >= 0.3 is 0 Å². The predicted octanol–water partition coefficient (Wildman–Crippen LogP) is 4.50. The average Bonchev–Trinajstić information content (AvgIpc) is 2.40. The Balaban J connectivity index is 2.30. The lowest BCUT2D eigenvalue weighted by Crippen LogP contribution is -2.22. The van der Waals surface area contributed by atoms with Crippen LogP contribution in [0, 0.1) is 3.57 Å². The first-order valence-electron chi connectivity index (χ1n) is 6.62. The van der Waals surface area contributed by atoms with E-state index in [1.165, 1.54) is 9.13 Å². The lowest BCUT2D eigenvalue weighted by atomic mass is 9.87. The van der Waals surface area contributed by atoms with E-state index in [0.717, 1.165) is 24.0 Å². The normalized spacial score (nSPS) is 14.1. The third kappa shape index (κ3) is 3.37. The largest absolute Gasteiger partial charge is 0.381 e. The number of hydrogen-bond donors (Lipinski definition) is 1. The van der Waals surface area contributed by atoms with Crippen molar-refractivity contribution in [3.8, 4) is 0 Å². The van der Waals surface area contributed by atoms with E-state index in [1.54, 1.807) is 0 Å². The molecule has 0 radical (unpaired) electrons. The first kappa shape index (κ1) is 14.5. The molecule has 0 aliphatic carbocycles. The molecule has 19 heavy (non-hydrogen) atoms. The Labute approximate surface area is 128 Å². The molecule has 2 aromatic rings. The van der Waals surface area contributed by atoms with Crippen molar-refractivity contribution < 1.29 is 5.11 Å². The highest BCUT2D eigenvalue weighted by Gasteiger charge is 2.25. The molecule has 0 bridgehead atoms. The summed E-state index contributed by atoms with van der Waals surface area (Å²) < 4.78 is 1.18. The molecule has 0 fully saturated rings. The van der Waals surface area contributed by atoms with Gasteiger partial charge in [0.25, 0.3) is 0 Å². The minimum Gasteiger partial charge on any atom is -0.381 e. The van der Waals surface area contributed by atoms with E-state index in [-0.39, 0.29) is 0 Å². The van der Waals surface area contributed by atoms with Crippen LogP contribution in [0.5, 0.6) is 0 Å². The Morgan fingerprint density at radius 3 is 1.89 bits per heavy atom. The van der Waals surface area contributed by atoms with Crippen molar-refractivity contribution in [2.75, 3.05) is 0 Å². The zero-order chi connectivity index (χ0) is 13.9. The fourth-order valence-electron chi connectivity index (χ4n) is 2.23. The van der Waals surface area contributed by atoms with Crippen LogP contribution in [-0.2, 0) is 12.0 Å². The predicted molar refractivity (Wildman–Crippen MR) is 88.3 cm³/mol. The van der Waals surface area contributed by atoms with Gasteiger partial charge in [0.15, 0.2) is 0 Å². The summed E-state index contributed by atoms with van der Waals surface area (Å²) in [6, 6.07) is 16.3. The van der Waals surface area contributed by atoms with Gasteiger partial charge in [0.05, 0.1) is 0 Å². The van der Waals surface area contributed by atoms with E-state index >= 15 is 0 Å². The lowest BCUT2D eigenvalue weighted by molar-refractivity contribution is 0.102. The third-order valence-electron chi connectivity index (χ3n) is 3.46. The number of hydrogen-bond acceptors (Lipinski definition) is 1. The van der Waals surface area contributed by atoms with Crippen molar-refractivity contribution in [3.63, 3.8) is 0 Å². The molecule has 0 aliphatic rings. The van der Waals surface area contributed by atoms with Gasteiger partial charge in [-0.2, -0.15) is 0 Å². The van der Waals surface area contributed by atoms with Gasteiger partial charge < -0.3 is 5.11 Å². The fraction of sp³-hybridized carbons (Fsp3) is 0.294. The van der Waals surface area contributed by atoms with E-state index in [1.807, 2.05) is 43.3 Å². The van der Waals surface area contributed by atoms with Crippen LogP contribution in [0.15, 0.2) is 48.5 Å². The highest BCUT2D eigenvalue weighted by molar-refractivity contribution is 14.1. The monoisotopic (exact) mass is 366 g/mol. The number of benzene rings is 2. The zero-order valence-electron chi connectivity index (χ0n) is 11.4. The summed E-state index contributed by atoms with van der Waals surface area (Å²) in [5.74, 6) is 0. The Morgan fingerprint density at radius 1 is 0.947 bits per heavy atom. The first-order chi connectivity index (χ1) is 9.04. The van der Waals surface area contributed by atoms with Crippen molar-refractivity contribution in [1.29, 1.82) is 0 Å². The van der Waals surface area contributed by atoms with Crippen LogP contribution < -0.4 is 0 Å². The molecule has 0 spiro atoms. The molecule has 0 saturated carbocycles. The topological polar surface area (TPSA) is 20.2 Å². The molecule has 100 valence electrons. The maximum atomic E-state index is 10.8. The lowest BCUT2D eigenvalue weighted by Gasteiger charge is -2.25. The van der Waals surface area contributed by atoms with E-state index in [2.05, 4.69) is 41.6 Å².